The van der Waals surface area contributed by atoms with Crippen molar-refractivity contribution in [2.75, 3.05) is 19.6 Å². The highest BCUT2D eigenvalue weighted by molar-refractivity contribution is 5.78. The summed E-state index contributed by atoms with van der Waals surface area (Å²) in [6.07, 6.45) is 4.07. The van der Waals surface area contributed by atoms with Gasteiger partial charge in [0.15, 0.2) is 0 Å². The van der Waals surface area contributed by atoms with Crippen molar-refractivity contribution < 1.29 is 4.79 Å². The molecule has 166 valence electrons. The normalized spacial score (nSPS) is 16.6. The number of hydrogen-bond donors (Lipinski definition) is 1. The largest absolute Gasteiger partial charge is 0.356 e. The van der Waals surface area contributed by atoms with Gasteiger partial charge in [-0.2, -0.15) is 0 Å². The number of aryl methyl sites for hydroxylation is 2. The molecule has 1 aliphatic rings. The molecule has 0 bridgehead atoms. The van der Waals surface area contributed by atoms with Crippen LogP contribution in [0.2, 0.25) is 0 Å². The van der Waals surface area contributed by atoms with E-state index in [0.29, 0.717) is 0 Å². The molecule has 0 saturated carbocycles. The van der Waals surface area contributed by atoms with Gasteiger partial charge in [0.2, 0.25) is 5.91 Å². The highest BCUT2D eigenvalue weighted by atomic mass is 16.1. The van der Waals surface area contributed by atoms with Gasteiger partial charge in [0.05, 0.1) is 5.92 Å². The molecule has 1 atom stereocenters. The lowest BCUT2D eigenvalue weighted by molar-refractivity contribution is -0.126. The molecule has 1 N–H and O–H groups in total. The number of carbonyl (C=O) groups is 1. The van der Waals surface area contributed by atoms with Crippen molar-refractivity contribution in [3.8, 4) is 11.1 Å². The molecule has 3 nitrogen and oxygen atoms in total. The van der Waals surface area contributed by atoms with E-state index in [1.807, 2.05) is 6.07 Å². The average molecular weight is 427 g/mol. The standard InChI is InChI=1S/C29H34N2O/c1-23-9-5-14-26(19-23)27-15-6-12-25(20-27)21-31-18-8-16-28(22-31)29(32)30-17-7-13-24-10-3-2-4-11-24/h2-6,9-12,14-15,19-20,28H,7-8,13,16-18,21-22H2,1H3,(H,30,32). The maximum absolute atomic E-state index is 12.7. The van der Waals surface area contributed by atoms with Gasteiger partial charge >= 0.3 is 0 Å². The maximum atomic E-state index is 12.7. The fraction of sp³-hybridized carbons (Fsp3) is 0.345. The van der Waals surface area contributed by atoms with Gasteiger partial charge in [-0.25, -0.2) is 0 Å². The van der Waals surface area contributed by atoms with Crippen molar-refractivity contribution in [2.24, 2.45) is 5.92 Å². The molecule has 1 amide bonds. The second kappa shape index (κ2) is 11.1. The molecule has 1 fully saturated rings. The highest BCUT2D eigenvalue weighted by Gasteiger charge is 2.25. The van der Waals surface area contributed by atoms with Crippen LogP contribution in [0.15, 0.2) is 78.9 Å². The van der Waals surface area contributed by atoms with Gasteiger partial charge in [0.1, 0.15) is 0 Å². The van der Waals surface area contributed by atoms with Gasteiger partial charge in [0.25, 0.3) is 0 Å². The fourth-order valence-electron chi connectivity index (χ4n) is 4.64. The minimum atomic E-state index is 0.0976. The fourth-order valence-corrected chi connectivity index (χ4v) is 4.64. The topological polar surface area (TPSA) is 32.3 Å². The van der Waals surface area contributed by atoms with Crippen LogP contribution < -0.4 is 5.32 Å². The Hall–Kier alpha value is -2.91. The van der Waals surface area contributed by atoms with Crippen LogP contribution in [-0.4, -0.2) is 30.4 Å². The molecule has 0 aromatic heterocycles. The van der Waals surface area contributed by atoms with Gasteiger partial charge in [-0.15, -0.1) is 0 Å². The van der Waals surface area contributed by atoms with Crippen LogP contribution in [0.5, 0.6) is 0 Å². The number of hydrogen-bond acceptors (Lipinski definition) is 2. The van der Waals surface area contributed by atoms with Gasteiger partial charge in [0, 0.05) is 19.6 Å². The van der Waals surface area contributed by atoms with E-state index in [4.69, 9.17) is 0 Å². The zero-order valence-electron chi connectivity index (χ0n) is 19.1. The molecule has 4 rings (SSSR count). The second-order valence-corrected chi connectivity index (χ2v) is 9.02. The summed E-state index contributed by atoms with van der Waals surface area (Å²) in [6, 6.07) is 28.0. The number of nitrogens with zero attached hydrogens (tertiary/aromatic N) is 1. The van der Waals surface area contributed by atoms with Crippen molar-refractivity contribution in [1.29, 1.82) is 0 Å². The summed E-state index contributed by atoms with van der Waals surface area (Å²) in [4.78, 5) is 15.2. The number of nitrogens with one attached hydrogen (secondary N) is 1. The first-order chi connectivity index (χ1) is 15.7. The summed E-state index contributed by atoms with van der Waals surface area (Å²) in [7, 11) is 0. The number of piperidine rings is 1. The van der Waals surface area contributed by atoms with E-state index in [1.54, 1.807) is 0 Å². The summed E-state index contributed by atoms with van der Waals surface area (Å²) < 4.78 is 0. The van der Waals surface area contributed by atoms with Crippen LogP contribution in [0, 0.1) is 12.8 Å². The Bertz CT molecular complexity index is 1010. The zero-order valence-corrected chi connectivity index (χ0v) is 19.1. The Kier molecular flexibility index (Phi) is 7.73. The Morgan fingerprint density at radius 1 is 0.938 bits per heavy atom. The Labute approximate surface area is 192 Å². The van der Waals surface area contributed by atoms with Crippen molar-refractivity contribution in [1.82, 2.24) is 10.2 Å². The highest BCUT2D eigenvalue weighted by Crippen LogP contribution is 2.24. The molecule has 1 aliphatic heterocycles. The van der Waals surface area contributed by atoms with E-state index < -0.39 is 0 Å². The molecular formula is C29H34N2O. The van der Waals surface area contributed by atoms with E-state index in [-0.39, 0.29) is 11.8 Å². The maximum Gasteiger partial charge on any atom is 0.224 e. The lowest BCUT2D eigenvalue weighted by Crippen LogP contribution is -2.42. The number of benzene rings is 3. The molecular weight excluding hydrogens is 392 g/mol. The van der Waals surface area contributed by atoms with Crippen LogP contribution >= 0.6 is 0 Å². The SMILES string of the molecule is Cc1cccc(-c2cccc(CN3CCCC(C(=O)NCCCc4ccccc4)C3)c2)c1. The van der Waals surface area contributed by atoms with E-state index >= 15 is 0 Å². The summed E-state index contributed by atoms with van der Waals surface area (Å²) in [6.45, 7) is 5.69. The second-order valence-electron chi connectivity index (χ2n) is 9.02. The van der Waals surface area contributed by atoms with Crippen molar-refractivity contribution >= 4 is 5.91 Å². The third-order valence-corrected chi connectivity index (χ3v) is 6.35. The first kappa shape index (κ1) is 22.3. The molecule has 0 radical (unpaired) electrons. The zero-order chi connectivity index (χ0) is 22.2. The Balaban J connectivity index is 1.27. The van der Waals surface area contributed by atoms with Gasteiger partial charge < -0.3 is 5.32 Å². The number of carbonyl (C=O) groups excluding carboxylic acids is 1. The molecule has 1 saturated heterocycles. The average Bonchev–Trinajstić information content (AvgIpc) is 2.83. The lowest BCUT2D eigenvalue weighted by Gasteiger charge is -2.32. The minimum absolute atomic E-state index is 0.0976. The van der Waals surface area contributed by atoms with E-state index in [0.717, 1.165) is 51.9 Å². The Morgan fingerprint density at radius 2 is 1.69 bits per heavy atom. The molecule has 3 aromatic carbocycles. The molecule has 3 heteroatoms. The van der Waals surface area contributed by atoms with Crippen molar-refractivity contribution in [3.63, 3.8) is 0 Å². The molecule has 3 aromatic rings. The van der Waals surface area contributed by atoms with E-state index in [9.17, 15) is 4.79 Å². The van der Waals surface area contributed by atoms with E-state index in [1.165, 1.54) is 27.8 Å². The van der Waals surface area contributed by atoms with Crippen LogP contribution in [0.25, 0.3) is 11.1 Å². The van der Waals surface area contributed by atoms with Crippen LogP contribution in [0.4, 0.5) is 0 Å². The predicted octanol–water partition coefficient (Wildman–Crippen LogP) is 5.62. The van der Waals surface area contributed by atoms with Gasteiger partial charge in [-0.05, 0) is 67.5 Å². The smallest absolute Gasteiger partial charge is 0.224 e. The van der Waals surface area contributed by atoms with Crippen molar-refractivity contribution in [2.45, 2.75) is 39.2 Å². The third kappa shape index (κ3) is 6.30. The first-order valence-electron chi connectivity index (χ1n) is 11.9. The minimum Gasteiger partial charge on any atom is -0.356 e. The molecule has 0 aliphatic carbocycles. The summed E-state index contributed by atoms with van der Waals surface area (Å²) >= 11 is 0. The monoisotopic (exact) mass is 426 g/mol. The number of amides is 1. The number of rotatable bonds is 8. The van der Waals surface area contributed by atoms with Crippen molar-refractivity contribution in [3.05, 3.63) is 95.6 Å². The summed E-state index contributed by atoms with van der Waals surface area (Å²) in [5.74, 6) is 0.316. The lowest BCUT2D eigenvalue weighted by atomic mass is 9.96. The summed E-state index contributed by atoms with van der Waals surface area (Å²) in [5.41, 5.74) is 6.45. The van der Waals surface area contributed by atoms with Gasteiger partial charge in [-0.3, -0.25) is 9.69 Å². The number of likely N-dealkylation sites (tertiary alicyclic amines) is 1. The van der Waals surface area contributed by atoms with Crippen LogP contribution in [0.3, 0.4) is 0 Å². The molecule has 1 unspecified atom stereocenters. The third-order valence-electron chi connectivity index (χ3n) is 6.35. The van der Waals surface area contributed by atoms with Crippen LogP contribution in [0.1, 0.15) is 36.0 Å². The molecule has 0 spiro atoms. The van der Waals surface area contributed by atoms with E-state index in [2.05, 4.69) is 89.9 Å². The van der Waals surface area contributed by atoms with Crippen LogP contribution in [-0.2, 0) is 17.8 Å². The Morgan fingerprint density at radius 3 is 2.50 bits per heavy atom. The predicted molar refractivity (Wildman–Crippen MR) is 132 cm³/mol. The van der Waals surface area contributed by atoms with Gasteiger partial charge in [-0.1, -0.05) is 78.4 Å². The molecule has 32 heavy (non-hydrogen) atoms. The quantitative estimate of drug-likeness (QED) is 0.474. The first-order valence-corrected chi connectivity index (χ1v) is 11.9. The summed E-state index contributed by atoms with van der Waals surface area (Å²) in [5, 5.41) is 3.18. The molecule has 1 heterocycles.